The molecule has 3 nitrogen and oxygen atoms in total. The minimum Gasteiger partial charge on any atom is -0.277 e. The third-order valence-electron chi connectivity index (χ3n) is 3.94. The van der Waals surface area contributed by atoms with E-state index in [2.05, 4.69) is 66.8 Å². The molecule has 3 rings (SSSR count). The van der Waals surface area contributed by atoms with E-state index in [0.29, 0.717) is 0 Å². The van der Waals surface area contributed by atoms with Crippen LogP contribution in [0.15, 0.2) is 58.5 Å². The average Bonchev–Trinajstić information content (AvgIpc) is 3.00. The monoisotopic (exact) mass is 310 g/mol. The standard InChI is InChI=1S/C18H18N2OS/c1-13-3-5-14(6-4-13)17-11-18(20(12-21)19-17)15-7-9-16(22-2)10-8-15/h3-10,12,18H,11H2,1-2H3/t18-/m1/s1. The molecule has 0 aliphatic carbocycles. The number of rotatable bonds is 4. The molecule has 1 atom stereocenters. The molecule has 0 radical (unpaired) electrons. The van der Waals surface area contributed by atoms with Crippen LogP contribution in [0.2, 0.25) is 0 Å². The largest absolute Gasteiger partial charge is 0.277 e. The molecule has 0 spiro atoms. The number of nitrogens with zero attached hydrogens (tertiary/aromatic N) is 2. The first-order valence-corrected chi connectivity index (χ1v) is 8.46. The van der Waals surface area contributed by atoms with Gasteiger partial charge in [0.25, 0.3) is 0 Å². The Bertz CT molecular complexity index is 692. The first-order valence-electron chi connectivity index (χ1n) is 7.23. The Balaban J connectivity index is 1.85. The number of thioether (sulfide) groups is 1. The van der Waals surface area contributed by atoms with Crippen LogP contribution < -0.4 is 0 Å². The summed E-state index contributed by atoms with van der Waals surface area (Å²) in [4.78, 5) is 12.6. The van der Waals surface area contributed by atoms with Gasteiger partial charge in [0.1, 0.15) is 0 Å². The molecule has 1 aliphatic heterocycles. The van der Waals surface area contributed by atoms with Crippen molar-refractivity contribution in [3.8, 4) is 0 Å². The summed E-state index contributed by atoms with van der Waals surface area (Å²) in [5.41, 5.74) is 4.39. The van der Waals surface area contributed by atoms with Gasteiger partial charge in [-0.15, -0.1) is 11.8 Å². The first-order chi connectivity index (χ1) is 10.7. The molecule has 0 bridgehead atoms. The molecule has 0 N–H and O–H groups in total. The summed E-state index contributed by atoms with van der Waals surface area (Å²) in [6.07, 6.45) is 3.62. The third-order valence-corrected chi connectivity index (χ3v) is 4.68. The SMILES string of the molecule is CSc1ccc([C@H]2CC(c3ccc(C)cc3)=NN2C=O)cc1. The Labute approximate surface area is 135 Å². The topological polar surface area (TPSA) is 32.7 Å². The lowest BCUT2D eigenvalue weighted by Gasteiger charge is -2.17. The van der Waals surface area contributed by atoms with Gasteiger partial charge in [-0.05, 0) is 36.4 Å². The quantitative estimate of drug-likeness (QED) is 0.631. The fourth-order valence-corrected chi connectivity index (χ4v) is 3.05. The van der Waals surface area contributed by atoms with Gasteiger partial charge >= 0.3 is 0 Å². The maximum Gasteiger partial charge on any atom is 0.230 e. The van der Waals surface area contributed by atoms with Crippen LogP contribution in [-0.4, -0.2) is 23.4 Å². The van der Waals surface area contributed by atoms with Crippen LogP contribution in [0.25, 0.3) is 0 Å². The normalized spacial score (nSPS) is 17.5. The van der Waals surface area contributed by atoms with Crippen molar-refractivity contribution in [3.63, 3.8) is 0 Å². The van der Waals surface area contributed by atoms with Crippen molar-refractivity contribution in [2.75, 3.05) is 6.26 Å². The molecule has 0 unspecified atom stereocenters. The Morgan fingerprint density at radius 1 is 1.14 bits per heavy atom. The zero-order valence-electron chi connectivity index (χ0n) is 12.7. The highest BCUT2D eigenvalue weighted by Gasteiger charge is 2.28. The molecule has 0 saturated carbocycles. The van der Waals surface area contributed by atoms with Gasteiger partial charge in [-0.3, -0.25) is 4.79 Å². The highest BCUT2D eigenvalue weighted by Crippen LogP contribution is 2.32. The van der Waals surface area contributed by atoms with Crippen LogP contribution >= 0.6 is 11.8 Å². The van der Waals surface area contributed by atoms with E-state index in [1.165, 1.54) is 15.5 Å². The van der Waals surface area contributed by atoms with Gasteiger partial charge in [-0.1, -0.05) is 42.0 Å². The van der Waals surface area contributed by atoms with E-state index in [-0.39, 0.29) is 6.04 Å². The van der Waals surface area contributed by atoms with Crippen LogP contribution in [-0.2, 0) is 4.79 Å². The molecule has 2 aromatic carbocycles. The van der Waals surface area contributed by atoms with Crippen molar-refractivity contribution in [2.24, 2.45) is 5.10 Å². The predicted octanol–water partition coefficient (Wildman–Crippen LogP) is 4.02. The summed E-state index contributed by atoms with van der Waals surface area (Å²) in [6, 6.07) is 16.6. The summed E-state index contributed by atoms with van der Waals surface area (Å²) < 4.78 is 0. The Hall–Kier alpha value is -2.07. The fourth-order valence-electron chi connectivity index (χ4n) is 2.64. The van der Waals surface area contributed by atoms with Crippen LogP contribution in [0.4, 0.5) is 0 Å². The molecule has 112 valence electrons. The average molecular weight is 310 g/mol. The maximum absolute atomic E-state index is 11.4. The van der Waals surface area contributed by atoms with Gasteiger partial charge in [-0.25, -0.2) is 5.01 Å². The molecule has 2 aromatic rings. The molecule has 0 saturated heterocycles. The summed E-state index contributed by atoms with van der Waals surface area (Å²) >= 11 is 1.71. The van der Waals surface area contributed by atoms with E-state index >= 15 is 0 Å². The van der Waals surface area contributed by atoms with Gasteiger partial charge in [0, 0.05) is 11.3 Å². The smallest absolute Gasteiger partial charge is 0.230 e. The van der Waals surface area contributed by atoms with Gasteiger partial charge in [0.15, 0.2) is 0 Å². The van der Waals surface area contributed by atoms with Crippen LogP contribution in [0.1, 0.15) is 29.2 Å². The molecule has 1 heterocycles. The van der Waals surface area contributed by atoms with Crippen molar-refractivity contribution < 1.29 is 4.79 Å². The number of hydrazone groups is 1. The van der Waals surface area contributed by atoms with E-state index in [9.17, 15) is 4.79 Å². The van der Waals surface area contributed by atoms with Gasteiger partial charge in [0.05, 0.1) is 11.8 Å². The van der Waals surface area contributed by atoms with Crippen LogP contribution in [0.3, 0.4) is 0 Å². The molecule has 0 aromatic heterocycles. The molecule has 1 amide bonds. The highest BCUT2D eigenvalue weighted by atomic mass is 32.2. The van der Waals surface area contributed by atoms with Crippen molar-refractivity contribution >= 4 is 23.9 Å². The van der Waals surface area contributed by atoms with Gasteiger partial charge < -0.3 is 0 Å². The number of carbonyl (C=O) groups excluding carboxylic acids is 1. The summed E-state index contributed by atoms with van der Waals surface area (Å²) in [6.45, 7) is 2.06. The number of carbonyl (C=O) groups is 1. The lowest BCUT2D eigenvalue weighted by atomic mass is 9.98. The van der Waals surface area contributed by atoms with Crippen molar-refractivity contribution in [3.05, 3.63) is 65.2 Å². The highest BCUT2D eigenvalue weighted by molar-refractivity contribution is 7.98. The van der Waals surface area contributed by atoms with Crippen molar-refractivity contribution in [1.82, 2.24) is 5.01 Å². The summed E-state index contributed by atoms with van der Waals surface area (Å²) in [7, 11) is 0. The molecular formula is C18H18N2OS. The Morgan fingerprint density at radius 3 is 2.41 bits per heavy atom. The number of benzene rings is 2. The van der Waals surface area contributed by atoms with E-state index in [4.69, 9.17) is 0 Å². The van der Waals surface area contributed by atoms with Crippen LogP contribution in [0, 0.1) is 6.92 Å². The number of hydrogen-bond acceptors (Lipinski definition) is 3. The van der Waals surface area contributed by atoms with Gasteiger partial charge in [0.2, 0.25) is 6.41 Å². The molecule has 1 aliphatic rings. The van der Waals surface area contributed by atoms with E-state index in [0.717, 1.165) is 29.7 Å². The minimum absolute atomic E-state index is 0.00953. The third kappa shape index (κ3) is 2.92. The summed E-state index contributed by atoms with van der Waals surface area (Å²) in [5, 5.41) is 6.01. The second kappa shape index (κ2) is 6.36. The van der Waals surface area contributed by atoms with Crippen LogP contribution in [0.5, 0.6) is 0 Å². The van der Waals surface area contributed by atoms with E-state index in [1.807, 2.05) is 0 Å². The van der Waals surface area contributed by atoms with E-state index in [1.54, 1.807) is 11.8 Å². The molecular weight excluding hydrogens is 292 g/mol. The molecule has 22 heavy (non-hydrogen) atoms. The van der Waals surface area contributed by atoms with Gasteiger partial charge in [-0.2, -0.15) is 5.10 Å². The fraction of sp³-hybridized carbons (Fsp3) is 0.222. The zero-order chi connectivity index (χ0) is 15.5. The Kier molecular flexibility index (Phi) is 4.29. The van der Waals surface area contributed by atoms with E-state index < -0.39 is 0 Å². The Morgan fingerprint density at radius 2 is 1.82 bits per heavy atom. The zero-order valence-corrected chi connectivity index (χ0v) is 13.5. The summed E-state index contributed by atoms with van der Waals surface area (Å²) in [5.74, 6) is 0. The maximum atomic E-state index is 11.4. The van der Waals surface area contributed by atoms with Crippen molar-refractivity contribution in [2.45, 2.75) is 24.3 Å². The van der Waals surface area contributed by atoms with Crippen molar-refractivity contribution in [1.29, 1.82) is 0 Å². The first kappa shape index (κ1) is 14.9. The lowest BCUT2D eigenvalue weighted by molar-refractivity contribution is -0.119. The molecule has 0 fully saturated rings. The second-order valence-corrected chi connectivity index (χ2v) is 6.27. The lowest BCUT2D eigenvalue weighted by Crippen LogP contribution is -2.17. The number of hydrogen-bond donors (Lipinski definition) is 0. The predicted molar refractivity (Wildman–Crippen MR) is 91.2 cm³/mol. The number of aryl methyl sites for hydroxylation is 1. The number of amides is 1. The molecule has 4 heteroatoms. The second-order valence-electron chi connectivity index (χ2n) is 5.39. The minimum atomic E-state index is -0.00953.